The zero-order chi connectivity index (χ0) is 11.4. The molecule has 16 heavy (non-hydrogen) atoms. The van der Waals surface area contributed by atoms with Gasteiger partial charge in [0.2, 0.25) is 0 Å². The second-order valence-electron chi connectivity index (χ2n) is 4.15. The number of hydrogen-bond acceptors (Lipinski definition) is 2. The molecule has 0 aliphatic heterocycles. The Hall–Kier alpha value is -1.54. The first-order valence-electron chi connectivity index (χ1n) is 5.60. The van der Waals surface area contributed by atoms with Gasteiger partial charge >= 0.3 is 0 Å². The van der Waals surface area contributed by atoms with E-state index in [4.69, 9.17) is 10.2 Å². The van der Waals surface area contributed by atoms with Crippen molar-refractivity contribution in [1.82, 2.24) is 0 Å². The molecule has 0 amide bonds. The first-order valence-corrected chi connectivity index (χ1v) is 5.60. The second kappa shape index (κ2) is 4.99. The number of aryl methyl sites for hydroxylation is 2. The third-order valence-corrected chi connectivity index (χ3v) is 2.77. The van der Waals surface area contributed by atoms with Crippen LogP contribution in [-0.4, -0.2) is 0 Å². The van der Waals surface area contributed by atoms with Crippen molar-refractivity contribution in [3.8, 4) is 0 Å². The summed E-state index contributed by atoms with van der Waals surface area (Å²) in [6, 6.07) is 12.4. The Kier molecular flexibility index (Phi) is 3.42. The minimum absolute atomic E-state index is 0.00342. The molecule has 2 aromatic rings. The Morgan fingerprint density at radius 1 is 1.19 bits per heavy atom. The molecule has 1 unspecified atom stereocenters. The number of hydrogen-bond donors (Lipinski definition) is 1. The average molecular weight is 215 g/mol. The molecule has 0 bridgehead atoms. The van der Waals surface area contributed by atoms with Gasteiger partial charge in [0.1, 0.15) is 5.76 Å². The summed E-state index contributed by atoms with van der Waals surface area (Å²) in [5.74, 6) is 0.868. The van der Waals surface area contributed by atoms with E-state index < -0.39 is 0 Å². The predicted molar refractivity (Wildman–Crippen MR) is 65.1 cm³/mol. The molecule has 2 rings (SSSR count). The molecule has 0 fully saturated rings. The summed E-state index contributed by atoms with van der Waals surface area (Å²) >= 11 is 0. The van der Waals surface area contributed by atoms with Gasteiger partial charge < -0.3 is 10.2 Å². The van der Waals surface area contributed by atoms with Crippen LogP contribution in [0, 0.1) is 6.92 Å². The molecule has 84 valence electrons. The summed E-state index contributed by atoms with van der Waals surface area (Å²) in [6.45, 7) is 2.10. The summed E-state index contributed by atoms with van der Waals surface area (Å²) in [6.07, 6.45) is 3.57. The molecular formula is C14H17NO. The highest BCUT2D eigenvalue weighted by atomic mass is 16.3. The standard InChI is InChI=1S/C14H17NO/c1-11-4-6-12(7-5-11)8-9-13(15)14-3-2-10-16-14/h2-7,10,13H,8-9,15H2,1H3. The summed E-state index contributed by atoms with van der Waals surface area (Å²) in [5.41, 5.74) is 8.64. The Morgan fingerprint density at radius 2 is 1.94 bits per heavy atom. The van der Waals surface area contributed by atoms with Gasteiger partial charge in [-0.3, -0.25) is 0 Å². The van der Waals surface area contributed by atoms with Gasteiger partial charge in [-0.25, -0.2) is 0 Å². The third kappa shape index (κ3) is 2.74. The fourth-order valence-corrected chi connectivity index (χ4v) is 1.72. The van der Waals surface area contributed by atoms with Crippen molar-refractivity contribution in [1.29, 1.82) is 0 Å². The zero-order valence-corrected chi connectivity index (χ0v) is 9.52. The van der Waals surface area contributed by atoms with Crippen LogP contribution in [0.25, 0.3) is 0 Å². The van der Waals surface area contributed by atoms with Crippen LogP contribution < -0.4 is 5.73 Å². The molecule has 1 aromatic carbocycles. The Labute approximate surface area is 96.1 Å². The van der Waals surface area contributed by atoms with E-state index in [-0.39, 0.29) is 6.04 Å². The Balaban J connectivity index is 1.90. The highest BCUT2D eigenvalue weighted by Crippen LogP contribution is 2.17. The maximum absolute atomic E-state index is 6.02. The van der Waals surface area contributed by atoms with Crippen LogP contribution in [0.15, 0.2) is 47.1 Å². The van der Waals surface area contributed by atoms with Crippen molar-refractivity contribution in [2.75, 3.05) is 0 Å². The molecule has 1 aromatic heterocycles. The molecule has 0 spiro atoms. The highest BCUT2D eigenvalue weighted by molar-refractivity contribution is 5.21. The van der Waals surface area contributed by atoms with Crippen LogP contribution in [0.3, 0.4) is 0 Å². The van der Waals surface area contributed by atoms with Crippen LogP contribution in [-0.2, 0) is 6.42 Å². The van der Waals surface area contributed by atoms with Gasteiger partial charge in [0.25, 0.3) is 0 Å². The van der Waals surface area contributed by atoms with Crippen molar-refractivity contribution >= 4 is 0 Å². The summed E-state index contributed by atoms with van der Waals surface area (Å²) < 4.78 is 5.28. The van der Waals surface area contributed by atoms with Gasteiger partial charge in [-0.2, -0.15) is 0 Å². The normalized spacial score (nSPS) is 12.6. The van der Waals surface area contributed by atoms with Gasteiger partial charge in [-0.1, -0.05) is 29.8 Å². The summed E-state index contributed by atoms with van der Waals surface area (Å²) in [7, 11) is 0. The average Bonchev–Trinajstić information content (AvgIpc) is 2.81. The van der Waals surface area contributed by atoms with E-state index in [2.05, 4.69) is 31.2 Å². The van der Waals surface area contributed by atoms with Gasteiger partial charge in [-0.15, -0.1) is 0 Å². The molecule has 2 heteroatoms. The fourth-order valence-electron chi connectivity index (χ4n) is 1.72. The maximum atomic E-state index is 6.02. The van der Waals surface area contributed by atoms with E-state index in [1.807, 2.05) is 12.1 Å². The molecule has 1 atom stereocenters. The Bertz CT molecular complexity index is 417. The third-order valence-electron chi connectivity index (χ3n) is 2.77. The molecule has 0 radical (unpaired) electrons. The van der Waals surface area contributed by atoms with Crippen molar-refractivity contribution in [3.63, 3.8) is 0 Å². The monoisotopic (exact) mass is 215 g/mol. The van der Waals surface area contributed by atoms with Crippen LogP contribution in [0.5, 0.6) is 0 Å². The topological polar surface area (TPSA) is 39.2 Å². The molecule has 0 saturated heterocycles. The van der Waals surface area contributed by atoms with Crippen molar-refractivity contribution in [2.45, 2.75) is 25.8 Å². The minimum Gasteiger partial charge on any atom is -0.468 e. The first-order chi connectivity index (χ1) is 7.75. The van der Waals surface area contributed by atoms with Gasteiger partial charge in [-0.05, 0) is 37.5 Å². The molecule has 2 N–H and O–H groups in total. The summed E-state index contributed by atoms with van der Waals surface area (Å²) in [5, 5.41) is 0. The lowest BCUT2D eigenvalue weighted by molar-refractivity contribution is 0.452. The molecule has 1 heterocycles. The second-order valence-corrected chi connectivity index (χ2v) is 4.15. The van der Waals surface area contributed by atoms with Crippen molar-refractivity contribution in [3.05, 3.63) is 59.5 Å². The first kappa shape index (κ1) is 11.0. The SMILES string of the molecule is Cc1ccc(CCC(N)c2ccco2)cc1. The van der Waals surface area contributed by atoms with Gasteiger partial charge in [0.05, 0.1) is 12.3 Å². The van der Waals surface area contributed by atoms with E-state index in [1.54, 1.807) is 6.26 Å². The van der Waals surface area contributed by atoms with E-state index in [1.165, 1.54) is 11.1 Å². The van der Waals surface area contributed by atoms with E-state index in [0.29, 0.717) is 0 Å². The van der Waals surface area contributed by atoms with Crippen LogP contribution in [0.4, 0.5) is 0 Å². The van der Waals surface area contributed by atoms with E-state index >= 15 is 0 Å². The molecule has 0 aliphatic rings. The number of benzene rings is 1. The largest absolute Gasteiger partial charge is 0.468 e. The van der Waals surface area contributed by atoms with Gasteiger partial charge in [0, 0.05) is 0 Å². The maximum Gasteiger partial charge on any atom is 0.120 e. The predicted octanol–water partition coefficient (Wildman–Crippen LogP) is 3.22. The zero-order valence-electron chi connectivity index (χ0n) is 9.52. The minimum atomic E-state index is -0.00342. The highest BCUT2D eigenvalue weighted by Gasteiger charge is 2.08. The van der Waals surface area contributed by atoms with Crippen LogP contribution in [0.1, 0.15) is 29.3 Å². The lowest BCUT2D eigenvalue weighted by Crippen LogP contribution is -2.10. The quantitative estimate of drug-likeness (QED) is 0.850. The Morgan fingerprint density at radius 3 is 2.56 bits per heavy atom. The number of rotatable bonds is 4. The molecule has 2 nitrogen and oxygen atoms in total. The fraction of sp³-hybridized carbons (Fsp3) is 0.286. The van der Waals surface area contributed by atoms with Crippen LogP contribution in [0.2, 0.25) is 0 Å². The lowest BCUT2D eigenvalue weighted by atomic mass is 10.0. The lowest BCUT2D eigenvalue weighted by Gasteiger charge is -2.08. The number of nitrogens with two attached hydrogens (primary N) is 1. The smallest absolute Gasteiger partial charge is 0.120 e. The van der Waals surface area contributed by atoms with Crippen molar-refractivity contribution < 1.29 is 4.42 Å². The van der Waals surface area contributed by atoms with E-state index in [9.17, 15) is 0 Å². The van der Waals surface area contributed by atoms with Gasteiger partial charge in [0.15, 0.2) is 0 Å². The van der Waals surface area contributed by atoms with Crippen molar-refractivity contribution in [2.24, 2.45) is 5.73 Å². The molecule has 0 saturated carbocycles. The number of furan rings is 1. The molecule has 0 aliphatic carbocycles. The van der Waals surface area contributed by atoms with Crippen LogP contribution >= 0.6 is 0 Å². The van der Waals surface area contributed by atoms with E-state index in [0.717, 1.165) is 18.6 Å². The summed E-state index contributed by atoms with van der Waals surface area (Å²) in [4.78, 5) is 0. The molecular weight excluding hydrogens is 198 g/mol.